The Hall–Kier alpha value is -4.05. The summed E-state index contributed by atoms with van der Waals surface area (Å²) in [5, 5.41) is 2.82. The summed E-state index contributed by atoms with van der Waals surface area (Å²) in [4.78, 5) is 39.7. The van der Waals surface area contributed by atoms with Crippen LogP contribution in [-0.4, -0.2) is 44.8 Å². The third kappa shape index (κ3) is 7.21. The van der Waals surface area contributed by atoms with Gasteiger partial charge >= 0.3 is 5.97 Å². The maximum Gasteiger partial charge on any atom is 0.356 e. The minimum Gasteiger partial charge on any atom is -0.464 e. The summed E-state index contributed by atoms with van der Waals surface area (Å²) >= 11 is 0. The van der Waals surface area contributed by atoms with Crippen LogP contribution in [0.1, 0.15) is 49.6 Å². The maximum absolute atomic E-state index is 12.6. The highest BCUT2D eigenvalue weighted by molar-refractivity contribution is 7.90. The number of nitrogens with zero attached hydrogens (tertiary/aromatic N) is 1. The van der Waals surface area contributed by atoms with Gasteiger partial charge in [0, 0.05) is 18.3 Å². The van der Waals surface area contributed by atoms with Gasteiger partial charge in [0.15, 0.2) is 0 Å². The molecule has 1 aromatic heterocycles. The second-order valence-corrected chi connectivity index (χ2v) is 9.26. The molecule has 2 amide bonds. The number of carbonyl (C=O) groups is 3. The van der Waals surface area contributed by atoms with Crippen molar-refractivity contribution >= 4 is 27.8 Å². The second-order valence-electron chi connectivity index (χ2n) is 7.58. The quantitative estimate of drug-likeness (QED) is 0.327. The molecule has 0 unspecified atom stereocenters. The van der Waals surface area contributed by atoms with E-state index in [1.54, 1.807) is 0 Å². The van der Waals surface area contributed by atoms with Gasteiger partial charge in [0.25, 0.3) is 21.8 Å². The predicted octanol–water partition coefficient (Wildman–Crippen LogP) is 2.74. The number of carbonyl (C=O) groups excluding carboxylic acids is 3. The van der Waals surface area contributed by atoms with Gasteiger partial charge in [-0.3, -0.25) is 9.59 Å². The van der Waals surface area contributed by atoms with Crippen LogP contribution in [0.15, 0.2) is 77.8 Å². The van der Waals surface area contributed by atoms with Crippen molar-refractivity contribution in [1.82, 2.24) is 15.0 Å². The third-order valence-electron chi connectivity index (χ3n) is 5.09. The number of aromatic nitrogens is 1. The Morgan fingerprint density at radius 1 is 0.857 bits per heavy atom. The number of hydrogen-bond donors (Lipinski definition) is 2. The Balaban J connectivity index is 1.51. The van der Waals surface area contributed by atoms with Crippen molar-refractivity contribution in [2.75, 3.05) is 13.7 Å². The Morgan fingerprint density at radius 3 is 2.17 bits per heavy atom. The molecule has 0 spiro atoms. The summed E-state index contributed by atoms with van der Waals surface area (Å²) in [6.45, 7) is 0.505. The molecule has 10 heteroatoms. The summed E-state index contributed by atoms with van der Waals surface area (Å²) in [5.74, 6) is -1.90. The molecule has 0 bridgehead atoms. The molecule has 0 fully saturated rings. The number of nitrogens with one attached hydrogen (secondary N) is 2. The highest BCUT2D eigenvalue weighted by Crippen LogP contribution is 2.12. The number of hydrogen-bond acceptors (Lipinski definition) is 7. The van der Waals surface area contributed by atoms with Gasteiger partial charge in [-0.25, -0.2) is 22.9 Å². The fourth-order valence-corrected chi connectivity index (χ4v) is 4.16. The van der Waals surface area contributed by atoms with E-state index >= 15 is 0 Å². The molecule has 0 aliphatic heterocycles. The van der Waals surface area contributed by atoms with Gasteiger partial charge in [-0.15, -0.1) is 0 Å². The molecule has 9 nitrogen and oxygen atoms in total. The van der Waals surface area contributed by atoms with Crippen LogP contribution >= 0.6 is 0 Å². The van der Waals surface area contributed by atoms with Gasteiger partial charge < -0.3 is 10.1 Å². The molecule has 3 rings (SSSR count). The zero-order valence-electron chi connectivity index (χ0n) is 19.1. The Labute approximate surface area is 203 Å². The topological polar surface area (TPSA) is 132 Å². The smallest absolute Gasteiger partial charge is 0.356 e. The van der Waals surface area contributed by atoms with Crippen LogP contribution in [0.3, 0.4) is 0 Å². The minimum absolute atomic E-state index is 0.0167. The van der Waals surface area contributed by atoms with Crippen LogP contribution < -0.4 is 10.0 Å². The van der Waals surface area contributed by atoms with E-state index in [-0.39, 0.29) is 22.1 Å². The molecular formula is C25H25N3O6S. The van der Waals surface area contributed by atoms with E-state index in [4.69, 9.17) is 0 Å². The number of rotatable bonds is 10. The third-order valence-corrected chi connectivity index (χ3v) is 6.44. The van der Waals surface area contributed by atoms with Crippen molar-refractivity contribution in [1.29, 1.82) is 0 Å². The first kappa shape index (κ1) is 25.6. The van der Waals surface area contributed by atoms with Crippen molar-refractivity contribution in [3.63, 3.8) is 0 Å². The molecule has 35 heavy (non-hydrogen) atoms. The minimum atomic E-state index is -4.18. The number of amides is 2. The van der Waals surface area contributed by atoms with Gasteiger partial charge in [-0.2, -0.15) is 0 Å². The van der Waals surface area contributed by atoms with Crippen LogP contribution in [-0.2, 0) is 21.2 Å². The SMILES string of the molecule is COC(=O)c1ccc(C(=O)NS(=O)(=O)c2ccc(C(=O)NCCCCc3ccccc3)cc2)cn1. The summed E-state index contributed by atoms with van der Waals surface area (Å²) in [6.07, 6.45) is 3.75. The van der Waals surface area contributed by atoms with E-state index in [1.165, 1.54) is 49.1 Å². The van der Waals surface area contributed by atoms with Crippen molar-refractivity contribution < 1.29 is 27.5 Å². The average Bonchev–Trinajstić information content (AvgIpc) is 2.88. The van der Waals surface area contributed by atoms with Gasteiger partial charge in [0.05, 0.1) is 17.6 Å². The molecule has 0 aliphatic rings. The van der Waals surface area contributed by atoms with Crippen molar-refractivity contribution in [2.24, 2.45) is 0 Å². The van der Waals surface area contributed by atoms with Crippen LogP contribution in [0, 0.1) is 0 Å². The lowest BCUT2D eigenvalue weighted by Gasteiger charge is -2.09. The lowest BCUT2D eigenvalue weighted by atomic mass is 10.1. The number of ether oxygens (including phenoxy) is 1. The number of esters is 1. The molecule has 3 aromatic rings. The Bertz CT molecular complexity index is 1280. The van der Waals surface area contributed by atoms with E-state index in [1.807, 2.05) is 22.9 Å². The van der Waals surface area contributed by atoms with Crippen molar-refractivity contribution in [2.45, 2.75) is 24.2 Å². The number of unbranched alkanes of at least 4 members (excludes halogenated alkanes) is 1. The van der Waals surface area contributed by atoms with E-state index in [0.717, 1.165) is 25.5 Å². The molecule has 0 atom stereocenters. The number of methoxy groups -OCH3 is 1. The molecular weight excluding hydrogens is 470 g/mol. The summed E-state index contributed by atoms with van der Waals surface area (Å²) in [6, 6.07) is 17.9. The first-order valence-electron chi connectivity index (χ1n) is 10.8. The molecule has 0 aliphatic carbocycles. The number of benzene rings is 2. The fourth-order valence-electron chi connectivity index (χ4n) is 3.18. The first-order valence-corrected chi connectivity index (χ1v) is 12.3. The molecule has 0 saturated heterocycles. The molecule has 182 valence electrons. The van der Waals surface area contributed by atoms with E-state index in [9.17, 15) is 22.8 Å². The maximum atomic E-state index is 12.6. The van der Waals surface area contributed by atoms with Crippen LogP contribution in [0.5, 0.6) is 0 Å². The number of aryl methyl sites for hydroxylation is 1. The Morgan fingerprint density at radius 2 is 1.54 bits per heavy atom. The standard InChI is InChI=1S/C25H25N3O6S/c1-34-25(31)22-15-12-20(17-27-22)24(30)28-35(32,33)21-13-10-19(11-14-21)23(29)26-16-6-5-9-18-7-3-2-4-8-18/h2-4,7-8,10-15,17H,5-6,9,16H2,1H3,(H,26,29)(H,28,30). The predicted molar refractivity (Wildman–Crippen MR) is 128 cm³/mol. The fraction of sp³-hybridized carbons (Fsp3) is 0.200. The van der Waals surface area contributed by atoms with Gasteiger partial charge in [0.2, 0.25) is 0 Å². The van der Waals surface area contributed by atoms with Gasteiger partial charge in [-0.1, -0.05) is 30.3 Å². The van der Waals surface area contributed by atoms with Crippen LogP contribution in [0.2, 0.25) is 0 Å². The molecule has 1 heterocycles. The zero-order valence-corrected chi connectivity index (χ0v) is 19.9. The van der Waals surface area contributed by atoms with Gasteiger partial charge in [-0.05, 0) is 61.2 Å². The van der Waals surface area contributed by atoms with Crippen LogP contribution in [0.4, 0.5) is 0 Å². The summed E-state index contributed by atoms with van der Waals surface area (Å²) in [7, 11) is -2.99. The van der Waals surface area contributed by atoms with E-state index in [0.29, 0.717) is 12.1 Å². The number of pyridine rings is 1. The largest absolute Gasteiger partial charge is 0.464 e. The lowest BCUT2D eigenvalue weighted by molar-refractivity contribution is 0.0593. The highest BCUT2D eigenvalue weighted by Gasteiger charge is 2.20. The van der Waals surface area contributed by atoms with Gasteiger partial charge in [0.1, 0.15) is 5.69 Å². The summed E-state index contributed by atoms with van der Waals surface area (Å²) < 4.78 is 31.6. The molecule has 2 aromatic carbocycles. The van der Waals surface area contributed by atoms with Crippen molar-refractivity contribution in [3.05, 3.63) is 95.3 Å². The molecule has 0 saturated carbocycles. The number of sulfonamides is 1. The summed E-state index contributed by atoms with van der Waals surface area (Å²) in [5.41, 5.74) is 1.49. The van der Waals surface area contributed by atoms with Crippen LogP contribution in [0.25, 0.3) is 0 Å². The Kier molecular flexibility index (Phi) is 8.69. The van der Waals surface area contributed by atoms with E-state index in [2.05, 4.69) is 27.2 Å². The normalized spacial score (nSPS) is 10.9. The molecule has 2 N–H and O–H groups in total. The highest BCUT2D eigenvalue weighted by atomic mass is 32.2. The van der Waals surface area contributed by atoms with E-state index < -0.39 is 21.9 Å². The average molecular weight is 496 g/mol. The monoisotopic (exact) mass is 495 g/mol. The lowest BCUT2D eigenvalue weighted by Crippen LogP contribution is -2.31. The zero-order chi connectivity index (χ0) is 25.3. The molecule has 0 radical (unpaired) electrons. The second kappa shape index (κ2) is 11.9. The van der Waals surface area contributed by atoms with Crippen molar-refractivity contribution in [3.8, 4) is 0 Å². The first-order chi connectivity index (χ1) is 16.8.